The molecule has 0 radical (unpaired) electrons. The number of hydrogen-bond acceptors (Lipinski definition) is 7. The van der Waals surface area contributed by atoms with Crippen LogP contribution in [0, 0.1) is 0 Å². The Morgan fingerprint density at radius 2 is 1.80 bits per heavy atom. The second-order valence-electron chi connectivity index (χ2n) is 5.99. The number of benzene rings is 1. The van der Waals surface area contributed by atoms with Gasteiger partial charge in [0, 0.05) is 18.3 Å². The molecule has 8 heteroatoms. The first-order chi connectivity index (χ1) is 14.7. The fourth-order valence-electron chi connectivity index (χ4n) is 2.67. The van der Waals surface area contributed by atoms with E-state index in [2.05, 4.69) is 9.87 Å². The highest BCUT2D eigenvalue weighted by Crippen LogP contribution is 2.23. The third-order valence-electron chi connectivity index (χ3n) is 3.97. The summed E-state index contributed by atoms with van der Waals surface area (Å²) in [7, 11) is 2.88. The minimum Gasteiger partial charge on any atom is -0.502 e. The van der Waals surface area contributed by atoms with Crippen LogP contribution in [0.3, 0.4) is 0 Å². The zero-order chi connectivity index (χ0) is 21.2. The van der Waals surface area contributed by atoms with Crippen molar-refractivity contribution in [2.45, 2.75) is 6.61 Å². The summed E-state index contributed by atoms with van der Waals surface area (Å²) in [5.74, 6) is 1.77. The molecule has 0 aliphatic rings. The van der Waals surface area contributed by atoms with E-state index in [9.17, 15) is 4.79 Å². The highest BCUT2D eigenvalue weighted by atomic mass is 17.2. The molecule has 2 heterocycles. The number of rotatable bonds is 10. The predicted molar refractivity (Wildman–Crippen MR) is 110 cm³/mol. The summed E-state index contributed by atoms with van der Waals surface area (Å²) in [6.45, 7) is 0.186. The van der Waals surface area contributed by atoms with Crippen LogP contribution >= 0.6 is 0 Å². The molecule has 3 rings (SSSR count). The van der Waals surface area contributed by atoms with Gasteiger partial charge in [0.15, 0.2) is 0 Å². The first-order valence-electron chi connectivity index (χ1n) is 9.12. The zero-order valence-electron chi connectivity index (χ0n) is 16.7. The van der Waals surface area contributed by atoms with E-state index >= 15 is 0 Å². The first kappa shape index (κ1) is 21.1. The molecular formula is C22H22N2O6. The maximum Gasteiger partial charge on any atom is 0.255 e. The Hall–Kier alpha value is -3.62. The van der Waals surface area contributed by atoms with Crippen LogP contribution in [-0.2, 0) is 21.1 Å². The van der Waals surface area contributed by atoms with E-state index in [0.717, 1.165) is 0 Å². The topological polar surface area (TPSA) is 81.0 Å². The molecule has 0 aliphatic heterocycles. The van der Waals surface area contributed by atoms with E-state index in [-0.39, 0.29) is 18.8 Å². The minimum atomic E-state index is -0.238. The average molecular weight is 410 g/mol. The molecule has 0 unspecified atom stereocenters. The second kappa shape index (κ2) is 10.8. The lowest BCUT2D eigenvalue weighted by Crippen LogP contribution is -2.25. The summed E-state index contributed by atoms with van der Waals surface area (Å²) in [5, 5.41) is 0. The number of hydrogen-bond donors (Lipinski definition) is 0. The fourth-order valence-corrected chi connectivity index (χ4v) is 2.67. The third kappa shape index (κ3) is 5.69. The highest BCUT2D eigenvalue weighted by molar-refractivity contribution is 5.46. The maximum atomic E-state index is 12.4. The molecule has 1 aromatic carbocycles. The van der Waals surface area contributed by atoms with Crippen LogP contribution < -0.4 is 15.0 Å². The van der Waals surface area contributed by atoms with Crippen LogP contribution in [-0.4, -0.2) is 30.4 Å². The molecule has 0 aliphatic carbocycles. The number of methoxy groups -OCH3 is 1. The van der Waals surface area contributed by atoms with Crippen molar-refractivity contribution in [2.75, 3.05) is 20.8 Å². The van der Waals surface area contributed by atoms with Gasteiger partial charge in [0.2, 0.25) is 5.88 Å². The van der Waals surface area contributed by atoms with E-state index in [4.69, 9.17) is 19.1 Å². The molecular weight excluding hydrogens is 388 g/mol. The van der Waals surface area contributed by atoms with Crippen molar-refractivity contribution in [1.82, 2.24) is 9.55 Å². The lowest BCUT2D eigenvalue weighted by molar-refractivity contribution is -0.262. The van der Waals surface area contributed by atoms with Crippen LogP contribution in [0.2, 0.25) is 0 Å². The Bertz CT molecular complexity index is 1020. The Morgan fingerprint density at radius 3 is 2.50 bits per heavy atom. The minimum absolute atomic E-state index is 0.0286. The SMILES string of the molecule is COC=C(COOC)n1c(COc2ccc(Oc3ccccn3)cc2)cccc1=O. The van der Waals surface area contributed by atoms with Gasteiger partial charge in [-0.25, -0.2) is 14.8 Å². The second-order valence-corrected chi connectivity index (χ2v) is 5.99. The van der Waals surface area contributed by atoms with Crippen LogP contribution in [0.5, 0.6) is 17.4 Å². The Morgan fingerprint density at radius 1 is 1.00 bits per heavy atom. The average Bonchev–Trinajstić information content (AvgIpc) is 2.77. The summed E-state index contributed by atoms with van der Waals surface area (Å²) >= 11 is 0. The molecule has 0 bridgehead atoms. The third-order valence-corrected chi connectivity index (χ3v) is 3.97. The van der Waals surface area contributed by atoms with E-state index in [1.165, 1.54) is 31.1 Å². The molecule has 0 saturated carbocycles. The van der Waals surface area contributed by atoms with Crippen molar-refractivity contribution >= 4 is 5.70 Å². The molecule has 30 heavy (non-hydrogen) atoms. The molecule has 0 N–H and O–H groups in total. The maximum absolute atomic E-state index is 12.4. The van der Waals surface area contributed by atoms with Gasteiger partial charge < -0.3 is 14.2 Å². The van der Waals surface area contributed by atoms with Crippen molar-refractivity contribution in [3.05, 3.63) is 89.2 Å². The summed E-state index contributed by atoms with van der Waals surface area (Å²) in [6, 6.07) is 17.5. The van der Waals surface area contributed by atoms with Crippen molar-refractivity contribution in [2.24, 2.45) is 0 Å². The number of ether oxygens (including phenoxy) is 3. The molecule has 8 nitrogen and oxygen atoms in total. The van der Waals surface area contributed by atoms with Crippen molar-refractivity contribution in [3.63, 3.8) is 0 Å². The van der Waals surface area contributed by atoms with Crippen LogP contribution in [0.25, 0.3) is 5.70 Å². The van der Waals surface area contributed by atoms with E-state index in [0.29, 0.717) is 28.8 Å². The Kier molecular flexibility index (Phi) is 7.59. The monoisotopic (exact) mass is 410 g/mol. The molecule has 0 spiro atoms. The lowest BCUT2D eigenvalue weighted by atomic mass is 10.3. The number of aromatic nitrogens is 2. The quantitative estimate of drug-likeness (QED) is 0.287. The van der Waals surface area contributed by atoms with Crippen LogP contribution in [0.1, 0.15) is 5.69 Å². The molecule has 156 valence electrons. The van der Waals surface area contributed by atoms with E-state index in [1.807, 2.05) is 12.1 Å². The molecule has 0 saturated heterocycles. The standard InChI is InChI=1S/C22H22N2O6/c1-26-14-18(16-29-27-2)24-17(6-5-8-22(24)25)15-28-19-9-11-20(12-10-19)30-21-7-3-4-13-23-21/h3-14H,15-16H2,1-2H3. The Labute approximate surface area is 173 Å². The predicted octanol–water partition coefficient (Wildman–Crippen LogP) is 3.64. The van der Waals surface area contributed by atoms with Gasteiger partial charge in [0.25, 0.3) is 5.56 Å². The van der Waals surface area contributed by atoms with Crippen molar-refractivity contribution in [3.8, 4) is 17.4 Å². The van der Waals surface area contributed by atoms with E-state index in [1.54, 1.807) is 48.7 Å². The van der Waals surface area contributed by atoms with Crippen LogP contribution in [0.4, 0.5) is 0 Å². The Balaban J connectivity index is 1.72. The van der Waals surface area contributed by atoms with Gasteiger partial charge in [-0.3, -0.25) is 9.36 Å². The van der Waals surface area contributed by atoms with Crippen LogP contribution in [0.15, 0.2) is 77.9 Å². The van der Waals surface area contributed by atoms with Gasteiger partial charge in [-0.15, -0.1) is 0 Å². The number of nitrogens with zero attached hydrogens (tertiary/aromatic N) is 2. The van der Waals surface area contributed by atoms with Crippen molar-refractivity contribution in [1.29, 1.82) is 0 Å². The zero-order valence-corrected chi connectivity index (χ0v) is 16.7. The largest absolute Gasteiger partial charge is 0.502 e. The molecule has 0 amide bonds. The summed E-state index contributed by atoms with van der Waals surface area (Å²) in [6.07, 6.45) is 3.09. The smallest absolute Gasteiger partial charge is 0.255 e. The number of pyridine rings is 2. The van der Waals surface area contributed by atoms with Gasteiger partial charge in [0.1, 0.15) is 31.0 Å². The van der Waals surface area contributed by atoms with Gasteiger partial charge in [-0.1, -0.05) is 12.1 Å². The van der Waals surface area contributed by atoms with Gasteiger partial charge in [-0.2, -0.15) is 0 Å². The van der Waals surface area contributed by atoms with Gasteiger partial charge in [0.05, 0.1) is 25.6 Å². The molecule has 3 aromatic rings. The van der Waals surface area contributed by atoms with Crippen molar-refractivity contribution < 1.29 is 24.0 Å². The normalized spacial score (nSPS) is 11.2. The highest BCUT2D eigenvalue weighted by Gasteiger charge is 2.11. The lowest BCUT2D eigenvalue weighted by Gasteiger charge is -2.16. The summed E-state index contributed by atoms with van der Waals surface area (Å²) < 4.78 is 18.1. The molecule has 0 fully saturated rings. The summed E-state index contributed by atoms with van der Waals surface area (Å²) in [4.78, 5) is 26.2. The van der Waals surface area contributed by atoms with Gasteiger partial charge in [-0.05, 0) is 36.4 Å². The molecule has 0 atom stereocenters. The molecule has 2 aromatic heterocycles. The first-order valence-corrected chi connectivity index (χ1v) is 9.12. The summed E-state index contributed by atoms with van der Waals surface area (Å²) in [5.41, 5.74) is 0.861. The fraction of sp³-hybridized carbons (Fsp3) is 0.182. The van der Waals surface area contributed by atoms with E-state index < -0.39 is 0 Å². The van der Waals surface area contributed by atoms with Gasteiger partial charge >= 0.3 is 0 Å².